The number of ether oxygens (including phenoxy) is 1. The predicted octanol–water partition coefficient (Wildman–Crippen LogP) is 3.22. The molecule has 0 fully saturated rings. The molecule has 1 aromatic heterocycles. The van der Waals surface area contributed by atoms with Crippen molar-refractivity contribution >= 4 is 30.8 Å². The van der Waals surface area contributed by atoms with Gasteiger partial charge in [0.1, 0.15) is 17.9 Å². The topological polar surface area (TPSA) is 87.5 Å². The van der Waals surface area contributed by atoms with Gasteiger partial charge in [-0.25, -0.2) is 9.97 Å². The molecule has 1 heterocycles. The van der Waals surface area contributed by atoms with Crippen molar-refractivity contribution in [2.45, 2.75) is 6.42 Å². The zero-order chi connectivity index (χ0) is 16.9. The fourth-order valence-corrected chi connectivity index (χ4v) is 2.84. The Bertz CT molecular complexity index is 825. The summed E-state index contributed by atoms with van der Waals surface area (Å²) in [4.78, 5) is 26.6. The maximum absolute atomic E-state index is 8.99. The summed E-state index contributed by atoms with van der Waals surface area (Å²) in [5.74, 6) is 1.46. The second-order valence-electron chi connectivity index (χ2n) is 5.27. The van der Waals surface area contributed by atoms with Gasteiger partial charge in [-0.15, -0.1) is 0 Å². The van der Waals surface area contributed by atoms with E-state index in [2.05, 4.69) is 15.3 Å². The van der Waals surface area contributed by atoms with Gasteiger partial charge >= 0.3 is 0 Å². The third kappa shape index (κ3) is 3.97. The number of hydrogen-bond donors (Lipinski definition) is 3. The van der Waals surface area contributed by atoms with Gasteiger partial charge in [-0.1, -0.05) is 12.1 Å². The summed E-state index contributed by atoms with van der Waals surface area (Å²) in [5.41, 5.74) is 2.80. The zero-order valence-electron chi connectivity index (χ0n) is 13.2. The summed E-state index contributed by atoms with van der Waals surface area (Å²) in [6.07, 6.45) is 2.56. The molecule has 2 aromatic carbocycles. The van der Waals surface area contributed by atoms with E-state index in [4.69, 9.17) is 14.5 Å². The number of fused-ring (bicyclic) bond motifs is 1. The first-order chi connectivity index (χ1) is 11.7. The molecule has 3 rings (SSSR count). The molecule has 7 heteroatoms. The number of aromatic nitrogens is 2. The molecule has 0 aliphatic carbocycles. The second-order valence-corrected chi connectivity index (χ2v) is 6.46. The van der Waals surface area contributed by atoms with Crippen LogP contribution in [0.1, 0.15) is 5.56 Å². The van der Waals surface area contributed by atoms with Gasteiger partial charge in [0, 0.05) is 17.2 Å². The average molecular weight is 343 g/mol. The summed E-state index contributed by atoms with van der Waals surface area (Å²) >= 11 is 0. The Labute approximate surface area is 141 Å². The quantitative estimate of drug-likeness (QED) is 0.596. The van der Waals surface area contributed by atoms with E-state index in [1.165, 1.54) is 6.33 Å². The molecular formula is C17H18N3O3P. The summed E-state index contributed by atoms with van der Waals surface area (Å²) in [6, 6.07) is 13.5. The van der Waals surface area contributed by atoms with Gasteiger partial charge in [0.05, 0.1) is 12.6 Å². The molecule has 0 saturated heterocycles. The smallest absolute Gasteiger partial charge is 0.165 e. The Morgan fingerprint density at radius 2 is 1.88 bits per heavy atom. The molecule has 24 heavy (non-hydrogen) atoms. The van der Waals surface area contributed by atoms with E-state index in [0.717, 1.165) is 27.9 Å². The Kier molecular flexibility index (Phi) is 5.20. The molecule has 0 radical (unpaired) electrons. The van der Waals surface area contributed by atoms with Crippen LogP contribution in [0.25, 0.3) is 10.9 Å². The van der Waals surface area contributed by atoms with E-state index >= 15 is 0 Å². The number of nitrogens with zero attached hydrogens (tertiary/aromatic N) is 2. The summed E-state index contributed by atoms with van der Waals surface area (Å²) < 4.78 is 5.27. The van der Waals surface area contributed by atoms with Crippen LogP contribution in [0, 0.1) is 0 Å². The highest BCUT2D eigenvalue weighted by atomic mass is 31.2. The van der Waals surface area contributed by atoms with Crippen molar-refractivity contribution < 1.29 is 14.5 Å². The normalized spacial score (nSPS) is 11.0. The number of hydrogen-bond acceptors (Lipinski definition) is 6. The van der Waals surface area contributed by atoms with E-state index in [0.29, 0.717) is 18.4 Å². The first-order valence-electron chi connectivity index (χ1n) is 7.46. The molecular weight excluding hydrogens is 325 g/mol. The SMILES string of the molecule is COc1ccc2ncnc(Nc3ccc(CCP(O)O)cc3)c2c1. The van der Waals surface area contributed by atoms with Gasteiger partial charge in [0.15, 0.2) is 8.38 Å². The third-order valence-corrected chi connectivity index (χ3v) is 4.28. The summed E-state index contributed by atoms with van der Waals surface area (Å²) in [5, 5.41) is 4.17. The zero-order valence-corrected chi connectivity index (χ0v) is 14.1. The van der Waals surface area contributed by atoms with Crippen LogP contribution in [0.3, 0.4) is 0 Å². The maximum atomic E-state index is 8.99. The highest BCUT2D eigenvalue weighted by Crippen LogP contribution is 2.27. The Balaban J connectivity index is 1.81. The van der Waals surface area contributed by atoms with Crippen LogP contribution in [0.15, 0.2) is 48.8 Å². The van der Waals surface area contributed by atoms with Crippen molar-refractivity contribution in [3.63, 3.8) is 0 Å². The lowest BCUT2D eigenvalue weighted by atomic mass is 10.1. The van der Waals surface area contributed by atoms with Crippen molar-refractivity contribution in [3.8, 4) is 5.75 Å². The molecule has 0 amide bonds. The minimum absolute atomic E-state index is 0.387. The van der Waals surface area contributed by atoms with Gasteiger partial charge in [-0.05, 0) is 42.3 Å². The highest BCUT2D eigenvalue weighted by Gasteiger charge is 2.06. The molecule has 3 aromatic rings. The standard InChI is InChI=1S/C17H18N3O3P/c1-23-14-6-7-16-15(10-14)17(19-11-18-16)20-13-4-2-12(3-5-13)8-9-24(21)22/h2-7,10-11,21-22H,8-9H2,1H3,(H,18,19,20). The van der Waals surface area contributed by atoms with E-state index in [1.807, 2.05) is 42.5 Å². The van der Waals surface area contributed by atoms with Crippen LogP contribution in [-0.4, -0.2) is 33.0 Å². The molecule has 3 N–H and O–H groups in total. The molecule has 0 spiro atoms. The van der Waals surface area contributed by atoms with Gasteiger partial charge in [0.25, 0.3) is 0 Å². The predicted molar refractivity (Wildman–Crippen MR) is 95.7 cm³/mol. The molecule has 0 bridgehead atoms. The van der Waals surface area contributed by atoms with Crippen LogP contribution >= 0.6 is 8.38 Å². The first kappa shape index (κ1) is 16.6. The van der Waals surface area contributed by atoms with E-state index in [9.17, 15) is 0 Å². The Hall–Kier alpha value is -2.27. The van der Waals surface area contributed by atoms with Gasteiger partial charge in [-0.3, -0.25) is 0 Å². The lowest BCUT2D eigenvalue weighted by molar-refractivity contribution is 0.415. The molecule has 0 aliphatic rings. The lowest BCUT2D eigenvalue weighted by Gasteiger charge is -2.10. The minimum atomic E-state index is -1.84. The maximum Gasteiger partial charge on any atom is 0.165 e. The van der Waals surface area contributed by atoms with E-state index in [1.54, 1.807) is 7.11 Å². The van der Waals surface area contributed by atoms with Crippen molar-refractivity contribution in [1.82, 2.24) is 9.97 Å². The summed E-state index contributed by atoms with van der Waals surface area (Å²) in [6.45, 7) is 0. The minimum Gasteiger partial charge on any atom is -0.497 e. The van der Waals surface area contributed by atoms with Crippen LogP contribution in [0.5, 0.6) is 5.75 Å². The first-order valence-corrected chi connectivity index (χ1v) is 8.89. The van der Waals surface area contributed by atoms with Gasteiger partial charge < -0.3 is 19.8 Å². The number of rotatable bonds is 6. The number of methoxy groups -OCH3 is 1. The average Bonchev–Trinajstić information content (AvgIpc) is 2.61. The van der Waals surface area contributed by atoms with Crippen LogP contribution in [-0.2, 0) is 6.42 Å². The molecule has 124 valence electrons. The van der Waals surface area contributed by atoms with Crippen molar-refractivity contribution in [3.05, 3.63) is 54.4 Å². The van der Waals surface area contributed by atoms with Gasteiger partial charge in [-0.2, -0.15) is 0 Å². The second kappa shape index (κ2) is 7.53. The largest absolute Gasteiger partial charge is 0.497 e. The van der Waals surface area contributed by atoms with Crippen molar-refractivity contribution in [2.24, 2.45) is 0 Å². The number of anilines is 2. The fourth-order valence-electron chi connectivity index (χ4n) is 2.38. The van der Waals surface area contributed by atoms with Crippen molar-refractivity contribution in [2.75, 3.05) is 18.6 Å². The molecule has 0 unspecified atom stereocenters. The highest BCUT2D eigenvalue weighted by molar-refractivity contribution is 7.45. The number of aryl methyl sites for hydroxylation is 1. The molecule has 6 nitrogen and oxygen atoms in total. The van der Waals surface area contributed by atoms with Gasteiger partial charge in [0.2, 0.25) is 0 Å². The van der Waals surface area contributed by atoms with Crippen molar-refractivity contribution in [1.29, 1.82) is 0 Å². The molecule has 0 aliphatic heterocycles. The number of nitrogens with one attached hydrogen (secondary N) is 1. The van der Waals surface area contributed by atoms with Crippen LogP contribution < -0.4 is 10.1 Å². The van der Waals surface area contributed by atoms with Crippen LogP contribution in [0.2, 0.25) is 0 Å². The Morgan fingerprint density at radius 1 is 1.08 bits per heavy atom. The van der Waals surface area contributed by atoms with Crippen LogP contribution in [0.4, 0.5) is 11.5 Å². The Morgan fingerprint density at radius 3 is 2.58 bits per heavy atom. The molecule has 0 atom stereocenters. The monoisotopic (exact) mass is 343 g/mol. The molecule has 0 saturated carbocycles. The fraction of sp³-hybridized carbons (Fsp3) is 0.176. The number of benzene rings is 2. The summed E-state index contributed by atoms with van der Waals surface area (Å²) in [7, 11) is -0.214. The lowest BCUT2D eigenvalue weighted by Crippen LogP contribution is -1.97. The van der Waals surface area contributed by atoms with E-state index in [-0.39, 0.29) is 0 Å². The third-order valence-electron chi connectivity index (χ3n) is 3.66. The van der Waals surface area contributed by atoms with E-state index < -0.39 is 8.38 Å².